The predicted octanol–water partition coefficient (Wildman–Crippen LogP) is 6.71. The van der Waals surface area contributed by atoms with Crippen molar-refractivity contribution in [2.45, 2.75) is 112 Å². The molecule has 5 fully saturated rings. The van der Waals surface area contributed by atoms with Crippen molar-refractivity contribution in [3.05, 3.63) is 11.6 Å². The molecule has 6 rings (SSSR count). The van der Waals surface area contributed by atoms with Crippen molar-refractivity contribution in [1.29, 1.82) is 0 Å². The fourth-order valence-corrected chi connectivity index (χ4v) is 11.2. The smallest absolute Gasteiger partial charge is 0.313 e. The largest absolute Gasteiger partial charge is 0.461 e. The summed E-state index contributed by atoms with van der Waals surface area (Å²) in [5.74, 6) is 3.12. The Bertz CT molecular complexity index is 1040. The van der Waals surface area contributed by atoms with Gasteiger partial charge in [-0.3, -0.25) is 14.4 Å². The molecule has 0 spiro atoms. The summed E-state index contributed by atoms with van der Waals surface area (Å²) in [4.78, 5) is 39.5. The molecule has 4 nitrogen and oxygen atoms in total. The Labute approximate surface area is 217 Å². The average Bonchev–Trinajstić information content (AvgIpc) is 3.09. The second-order valence-corrected chi connectivity index (χ2v) is 14.8. The lowest BCUT2D eigenvalue weighted by molar-refractivity contribution is -0.175. The number of esters is 1. The van der Waals surface area contributed by atoms with Crippen molar-refractivity contribution in [3.8, 4) is 0 Å². The summed E-state index contributed by atoms with van der Waals surface area (Å²) in [6.07, 6.45) is 11.4. The van der Waals surface area contributed by atoms with Gasteiger partial charge in [-0.2, -0.15) is 0 Å². The van der Waals surface area contributed by atoms with Crippen LogP contribution in [0.25, 0.3) is 0 Å². The Morgan fingerprint density at radius 2 is 1.72 bits per heavy atom. The minimum Gasteiger partial charge on any atom is -0.461 e. The van der Waals surface area contributed by atoms with Crippen molar-refractivity contribution >= 4 is 17.5 Å². The van der Waals surface area contributed by atoms with Gasteiger partial charge in [0.1, 0.15) is 11.9 Å². The Morgan fingerprint density at radius 3 is 2.44 bits per heavy atom. The standard InChI is InChI=1S/C32H46O4/c1-18-7-12-26-29(3,4)32(26,17-18)28(35)36-27-16-21(34)15-20-8-9-22-24-11-10-23(19(2)33)30(24,5)14-13-25(22)31(20,27)6/h15,18,22-27H,7-14,16-17H2,1-6H3/t18?,22-,23+,24-,25-,26?,27?,30+,31-,32?/m0/s1. The highest BCUT2D eigenvalue weighted by atomic mass is 16.5. The van der Waals surface area contributed by atoms with Crippen LogP contribution in [0.5, 0.6) is 0 Å². The van der Waals surface area contributed by atoms with Gasteiger partial charge >= 0.3 is 5.97 Å². The Balaban J connectivity index is 1.31. The van der Waals surface area contributed by atoms with E-state index in [1.807, 2.05) is 6.08 Å². The first kappa shape index (κ1) is 24.9. The van der Waals surface area contributed by atoms with Gasteiger partial charge in [-0.05, 0) is 105 Å². The van der Waals surface area contributed by atoms with E-state index in [1.165, 1.54) is 12.0 Å². The number of fused-ring (bicyclic) bond motifs is 6. The van der Waals surface area contributed by atoms with Crippen molar-refractivity contribution in [3.63, 3.8) is 0 Å². The van der Waals surface area contributed by atoms with E-state index in [4.69, 9.17) is 4.74 Å². The number of carbonyl (C=O) groups excluding carboxylic acids is 3. The van der Waals surface area contributed by atoms with Crippen LogP contribution < -0.4 is 0 Å². The molecule has 6 aliphatic rings. The van der Waals surface area contributed by atoms with Crippen LogP contribution in [-0.2, 0) is 19.1 Å². The maximum absolute atomic E-state index is 14.0. The summed E-state index contributed by atoms with van der Waals surface area (Å²) in [6.45, 7) is 13.2. The zero-order valence-corrected chi connectivity index (χ0v) is 23.3. The predicted molar refractivity (Wildman–Crippen MR) is 139 cm³/mol. The van der Waals surface area contributed by atoms with Gasteiger partial charge in [0.05, 0.1) is 5.41 Å². The van der Waals surface area contributed by atoms with Crippen molar-refractivity contribution in [2.75, 3.05) is 0 Å². The van der Waals surface area contributed by atoms with Gasteiger partial charge in [0.2, 0.25) is 0 Å². The Morgan fingerprint density at radius 1 is 0.972 bits per heavy atom. The Hall–Kier alpha value is -1.45. The van der Waals surface area contributed by atoms with E-state index >= 15 is 0 Å². The molecular weight excluding hydrogens is 448 g/mol. The molecule has 0 aromatic carbocycles. The fourth-order valence-electron chi connectivity index (χ4n) is 11.2. The first-order valence-corrected chi connectivity index (χ1v) is 14.8. The van der Waals surface area contributed by atoms with E-state index < -0.39 is 0 Å². The van der Waals surface area contributed by atoms with Gasteiger partial charge in [-0.25, -0.2) is 0 Å². The van der Waals surface area contributed by atoms with E-state index in [-0.39, 0.29) is 45.4 Å². The van der Waals surface area contributed by atoms with E-state index in [2.05, 4.69) is 34.6 Å². The zero-order chi connectivity index (χ0) is 25.8. The van der Waals surface area contributed by atoms with Crippen LogP contribution in [0.2, 0.25) is 0 Å². The van der Waals surface area contributed by atoms with Crippen molar-refractivity contribution in [2.24, 2.45) is 57.2 Å². The van der Waals surface area contributed by atoms with Gasteiger partial charge in [-0.1, -0.05) is 46.6 Å². The number of Topliss-reactive ketones (excluding diaryl/α,β-unsaturated/α-hetero) is 1. The molecule has 6 aliphatic carbocycles. The summed E-state index contributed by atoms with van der Waals surface area (Å²) in [6, 6.07) is 0. The topological polar surface area (TPSA) is 60.4 Å². The van der Waals surface area contributed by atoms with Gasteiger partial charge in [0.25, 0.3) is 0 Å². The molecule has 0 N–H and O–H groups in total. The molecule has 0 radical (unpaired) electrons. The molecule has 0 bridgehead atoms. The van der Waals surface area contributed by atoms with Crippen LogP contribution in [0.15, 0.2) is 11.6 Å². The lowest BCUT2D eigenvalue weighted by Gasteiger charge is -2.59. The third-order valence-corrected chi connectivity index (χ3v) is 13.3. The summed E-state index contributed by atoms with van der Waals surface area (Å²) in [7, 11) is 0. The molecule has 0 aromatic rings. The SMILES string of the molecule is CC(=O)[C@H]1CC[C@H]2[C@@H]3CCC4=CC(=O)CC(OC(=O)C56CC(C)CCC5C6(C)C)[C@]4(C)[C@H]3CC[C@]12C. The minimum absolute atomic E-state index is 0.0135. The van der Waals surface area contributed by atoms with Gasteiger partial charge in [0, 0.05) is 17.8 Å². The van der Waals surface area contributed by atoms with Crippen LogP contribution in [0.1, 0.15) is 106 Å². The number of ether oxygens (including phenoxy) is 1. The number of ketones is 2. The molecule has 0 aliphatic heterocycles. The summed E-state index contributed by atoms with van der Waals surface area (Å²) in [5, 5.41) is 0. The molecule has 0 saturated heterocycles. The van der Waals surface area contributed by atoms with Crippen LogP contribution in [0, 0.1) is 57.2 Å². The molecule has 0 aromatic heterocycles. The molecule has 10 atom stereocenters. The zero-order valence-electron chi connectivity index (χ0n) is 23.3. The first-order chi connectivity index (χ1) is 16.9. The lowest BCUT2D eigenvalue weighted by atomic mass is 9.46. The second kappa shape index (κ2) is 7.79. The monoisotopic (exact) mass is 494 g/mol. The fraction of sp³-hybridized carbons (Fsp3) is 0.844. The van der Waals surface area contributed by atoms with E-state index in [1.54, 1.807) is 6.92 Å². The van der Waals surface area contributed by atoms with Crippen molar-refractivity contribution in [1.82, 2.24) is 0 Å². The van der Waals surface area contributed by atoms with Crippen LogP contribution in [0.3, 0.4) is 0 Å². The number of carbonyl (C=O) groups is 3. The number of rotatable bonds is 3. The highest BCUT2D eigenvalue weighted by molar-refractivity contribution is 5.93. The quantitative estimate of drug-likeness (QED) is 0.409. The summed E-state index contributed by atoms with van der Waals surface area (Å²) >= 11 is 0. The molecule has 36 heavy (non-hydrogen) atoms. The summed E-state index contributed by atoms with van der Waals surface area (Å²) < 4.78 is 6.59. The highest BCUT2D eigenvalue weighted by Crippen LogP contribution is 2.76. The van der Waals surface area contributed by atoms with Crippen molar-refractivity contribution < 1.29 is 19.1 Å². The molecule has 4 unspecified atom stereocenters. The minimum atomic E-state index is -0.370. The number of hydrogen-bond donors (Lipinski definition) is 0. The molecule has 198 valence electrons. The number of hydrogen-bond acceptors (Lipinski definition) is 4. The third kappa shape index (κ3) is 3.02. The van der Waals surface area contributed by atoms with Gasteiger partial charge < -0.3 is 4.74 Å². The molecule has 0 heterocycles. The molecule has 5 saturated carbocycles. The van der Waals surface area contributed by atoms with Crippen LogP contribution >= 0.6 is 0 Å². The second-order valence-electron chi connectivity index (χ2n) is 14.8. The average molecular weight is 495 g/mol. The molecular formula is C32H46O4. The molecule has 0 amide bonds. The lowest BCUT2D eigenvalue weighted by Crippen LogP contribution is -2.56. The first-order valence-electron chi connectivity index (χ1n) is 14.8. The Kier molecular flexibility index (Phi) is 5.38. The maximum Gasteiger partial charge on any atom is 0.313 e. The molecule has 4 heteroatoms. The maximum atomic E-state index is 14.0. The van der Waals surface area contributed by atoms with Gasteiger partial charge in [-0.15, -0.1) is 0 Å². The summed E-state index contributed by atoms with van der Waals surface area (Å²) in [5.41, 5.74) is 0.672. The highest BCUT2D eigenvalue weighted by Gasteiger charge is 2.77. The van der Waals surface area contributed by atoms with Crippen LogP contribution in [-0.4, -0.2) is 23.6 Å². The van der Waals surface area contributed by atoms with Gasteiger partial charge in [0.15, 0.2) is 5.78 Å². The van der Waals surface area contributed by atoms with Crippen LogP contribution in [0.4, 0.5) is 0 Å². The normalized spacial score (nSPS) is 50.7. The van der Waals surface area contributed by atoms with E-state index in [0.29, 0.717) is 41.8 Å². The third-order valence-electron chi connectivity index (χ3n) is 13.3. The van der Waals surface area contributed by atoms with E-state index in [9.17, 15) is 14.4 Å². The van der Waals surface area contributed by atoms with E-state index in [0.717, 1.165) is 51.4 Å².